The fraction of sp³-hybridized carbons (Fsp3) is 0.391. The van der Waals surface area contributed by atoms with Crippen molar-refractivity contribution in [3.63, 3.8) is 0 Å². The zero-order chi connectivity index (χ0) is 25.4. The Morgan fingerprint density at radius 3 is 2.31 bits per heavy atom. The zero-order valence-electron chi connectivity index (χ0n) is 19.3. The van der Waals surface area contributed by atoms with Crippen molar-refractivity contribution in [1.29, 1.82) is 0 Å². The summed E-state index contributed by atoms with van der Waals surface area (Å²) in [4.78, 5) is 35.2. The molecule has 0 saturated carbocycles. The van der Waals surface area contributed by atoms with Crippen LogP contribution in [-0.4, -0.2) is 55.8 Å². The summed E-state index contributed by atoms with van der Waals surface area (Å²) in [5.41, 5.74) is -0.362. The largest absolute Gasteiger partial charge is 0.494 e. The van der Waals surface area contributed by atoms with Crippen LogP contribution < -0.4 is 10.1 Å². The predicted molar refractivity (Wildman–Crippen MR) is 127 cm³/mol. The molecule has 0 spiro atoms. The summed E-state index contributed by atoms with van der Waals surface area (Å²) in [6.07, 6.45) is 3.61. The summed E-state index contributed by atoms with van der Waals surface area (Å²) in [6.45, 7) is 2.31. The van der Waals surface area contributed by atoms with E-state index in [-0.39, 0.29) is 27.6 Å². The van der Waals surface area contributed by atoms with E-state index in [0.717, 1.165) is 25.7 Å². The van der Waals surface area contributed by atoms with Crippen LogP contribution in [0.15, 0.2) is 47.4 Å². The Balaban J connectivity index is 1.59. The first-order chi connectivity index (χ1) is 16.7. The first-order valence-corrected chi connectivity index (χ1v) is 12.6. The number of carbonyl (C=O) groups excluding carboxylic acids is 2. The highest BCUT2D eigenvalue weighted by molar-refractivity contribution is 7.89. The molecule has 1 aliphatic rings. The molecule has 35 heavy (non-hydrogen) atoms. The van der Waals surface area contributed by atoms with Gasteiger partial charge in [-0.25, -0.2) is 13.2 Å². The van der Waals surface area contributed by atoms with Crippen LogP contribution in [-0.2, 0) is 19.6 Å². The average Bonchev–Trinajstić information content (AvgIpc) is 3.14. The number of nitro benzene ring substituents is 1. The van der Waals surface area contributed by atoms with E-state index in [9.17, 15) is 28.1 Å². The van der Waals surface area contributed by atoms with E-state index < -0.39 is 33.4 Å². The molecule has 0 radical (unpaired) electrons. The first kappa shape index (κ1) is 26.1. The third-order valence-electron chi connectivity index (χ3n) is 5.38. The van der Waals surface area contributed by atoms with Crippen LogP contribution in [0.3, 0.4) is 0 Å². The van der Waals surface area contributed by atoms with Crippen molar-refractivity contribution in [2.75, 3.05) is 31.6 Å². The number of benzene rings is 2. The highest BCUT2D eigenvalue weighted by atomic mass is 32.2. The SMILES string of the molecule is CCOc1ccc(NC(=O)COC(=O)c2ccc(S(=O)(=O)N3CCCCCC3)cc2)c([N+](=O)[O-])c1. The lowest BCUT2D eigenvalue weighted by Crippen LogP contribution is -2.31. The second-order valence-electron chi connectivity index (χ2n) is 7.84. The number of nitrogens with zero attached hydrogens (tertiary/aromatic N) is 2. The second kappa shape index (κ2) is 11.8. The molecule has 2 aromatic carbocycles. The number of hydrogen-bond acceptors (Lipinski definition) is 8. The summed E-state index contributed by atoms with van der Waals surface area (Å²) >= 11 is 0. The van der Waals surface area contributed by atoms with Crippen molar-refractivity contribution in [2.45, 2.75) is 37.5 Å². The number of amides is 1. The van der Waals surface area contributed by atoms with Gasteiger partial charge in [0.2, 0.25) is 10.0 Å². The molecule has 1 saturated heterocycles. The maximum absolute atomic E-state index is 12.8. The summed E-state index contributed by atoms with van der Waals surface area (Å²) in [7, 11) is -3.65. The van der Waals surface area contributed by atoms with Crippen molar-refractivity contribution in [1.82, 2.24) is 4.31 Å². The highest BCUT2D eigenvalue weighted by Crippen LogP contribution is 2.29. The average molecular weight is 506 g/mol. The summed E-state index contributed by atoms with van der Waals surface area (Å²) in [5.74, 6) is -1.32. The minimum absolute atomic E-state index is 0.0671. The fourth-order valence-corrected chi connectivity index (χ4v) is 5.14. The van der Waals surface area contributed by atoms with Crippen LogP contribution in [0.1, 0.15) is 43.0 Å². The number of nitro groups is 1. The van der Waals surface area contributed by atoms with Gasteiger partial charge in [0, 0.05) is 13.1 Å². The van der Waals surface area contributed by atoms with Gasteiger partial charge in [0.1, 0.15) is 11.4 Å². The molecule has 11 nitrogen and oxygen atoms in total. The Kier molecular flexibility index (Phi) is 8.77. The third kappa shape index (κ3) is 6.76. The van der Waals surface area contributed by atoms with Gasteiger partial charge in [-0.1, -0.05) is 12.8 Å². The Labute approximate surface area is 203 Å². The molecule has 188 valence electrons. The normalized spacial score (nSPS) is 14.5. The molecule has 0 aliphatic carbocycles. The molecule has 1 fully saturated rings. The number of anilines is 1. The van der Waals surface area contributed by atoms with Gasteiger partial charge in [-0.05, 0) is 56.2 Å². The lowest BCUT2D eigenvalue weighted by molar-refractivity contribution is -0.384. The van der Waals surface area contributed by atoms with Gasteiger partial charge in [0.25, 0.3) is 11.6 Å². The van der Waals surface area contributed by atoms with Crippen LogP contribution in [0.2, 0.25) is 0 Å². The maximum atomic E-state index is 12.8. The Hall–Kier alpha value is -3.51. The summed E-state index contributed by atoms with van der Waals surface area (Å²) < 4.78 is 37.3. The van der Waals surface area contributed by atoms with Gasteiger partial charge >= 0.3 is 5.97 Å². The smallest absolute Gasteiger partial charge is 0.338 e. The van der Waals surface area contributed by atoms with E-state index in [2.05, 4.69) is 5.32 Å². The highest BCUT2D eigenvalue weighted by Gasteiger charge is 2.25. The number of esters is 1. The number of carbonyl (C=O) groups is 2. The number of ether oxygens (including phenoxy) is 2. The lowest BCUT2D eigenvalue weighted by Gasteiger charge is -2.19. The molecule has 1 N–H and O–H groups in total. The van der Waals surface area contributed by atoms with Crippen LogP contribution in [0, 0.1) is 10.1 Å². The summed E-state index contributed by atoms with van der Waals surface area (Å²) in [6, 6.07) is 9.29. The van der Waals surface area contributed by atoms with E-state index in [1.165, 1.54) is 46.8 Å². The molecule has 0 aromatic heterocycles. The van der Waals surface area contributed by atoms with Crippen molar-refractivity contribution < 1.29 is 32.4 Å². The topological polar surface area (TPSA) is 145 Å². The van der Waals surface area contributed by atoms with Gasteiger partial charge in [0.05, 0.1) is 28.1 Å². The van der Waals surface area contributed by atoms with E-state index in [0.29, 0.717) is 19.7 Å². The predicted octanol–water partition coefficient (Wildman–Crippen LogP) is 3.35. The molecule has 2 aromatic rings. The minimum atomic E-state index is -3.65. The Morgan fingerprint density at radius 1 is 1.06 bits per heavy atom. The molecule has 0 bridgehead atoms. The van der Waals surface area contributed by atoms with Crippen molar-refractivity contribution >= 4 is 33.3 Å². The van der Waals surface area contributed by atoms with E-state index in [1.807, 2.05) is 0 Å². The van der Waals surface area contributed by atoms with Crippen molar-refractivity contribution in [3.8, 4) is 5.75 Å². The number of nitrogens with one attached hydrogen (secondary N) is 1. The quantitative estimate of drug-likeness (QED) is 0.310. The van der Waals surface area contributed by atoms with Gasteiger partial charge in [0.15, 0.2) is 6.61 Å². The van der Waals surface area contributed by atoms with Crippen molar-refractivity contribution in [2.24, 2.45) is 0 Å². The molecule has 1 amide bonds. The minimum Gasteiger partial charge on any atom is -0.494 e. The fourth-order valence-electron chi connectivity index (χ4n) is 3.62. The molecule has 0 unspecified atom stereocenters. The lowest BCUT2D eigenvalue weighted by atomic mass is 10.2. The number of sulfonamides is 1. The molecular formula is C23H27N3O8S. The van der Waals surface area contributed by atoms with Crippen LogP contribution >= 0.6 is 0 Å². The number of rotatable bonds is 9. The monoisotopic (exact) mass is 505 g/mol. The third-order valence-corrected chi connectivity index (χ3v) is 7.29. The van der Waals surface area contributed by atoms with E-state index in [4.69, 9.17) is 9.47 Å². The Morgan fingerprint density at radius 2 is 1.71 bits per heavy atom. The van der Waals surface area contributed by atoms with Crippen LogP contribution in [0.25, 0.3) is 0 Å². The standard InChI is InChI=1S/C23H27N3O8S/c1-2-33-18-9-12-20(21(15-18)26(29)30)24-22(27)16-34-23(28)17-7-10-19(11-8-17)35(31,32)25-13-5-3-4-6-14-25/h7-12,15H,2-6,13-14,16H2,1H3,(H,24,27). The molecule has 12 heteroatoms. The maximum Gasteiger partial charge on any atom is 0.338 e. The van der Waals surface area contributed by atoms with Crippen LogP contribution in [0.5, 0.6) is 5.75 Å². The van der Waals surface area contributed by atoms with Gasteiger partial charge in [-0.15, -0.1) is 0 Å². The molecule has 1 heterocycles. The van der Waals surface area contributed by atoms with Gasteiger partial charge in [-0.2, -0.15) is 4.31 Å². The van der Waals surface area contributed by atoms with Gasteiger partial charge in [-0.3, -0.25) is 14.9 Å². The first-order valence-electron chi connectivity index (χ1n) is 11.2. The number of hydrogen-bond donors (Lipinski definition) is 1. The summed E-state index contributed by atoms with van der Waals surface area (Å²) in [5, 5.41) is 13.6. The van der Waals surface area contributed by atoms with Crippen molar-refractivity contribution in [3.05, 3.63) is 58.1 Å². The second-order valence-corrected chi connectivity index (χ2v) is 9.77. The van der Waals surface area contributed by atoms with E-state index in [1.54, 1.807) is 6.92 Å². The molecule has 1 aliphatic heterocycles. The molecule has 0 atom stereocenters. The van der Waals surface area contributed by atoms with Crippen LogP contribution in [0.4, 0.5) is 11.4 Å². The van der Waals surface area contributed by atoms with E-state index >= 15 is 0 Å². The molecule has 3 rings (SSSR count). The van der Waals surface area contributed by atoms with Gasteiger partial charge < -0.3 is 14.8 Å². The molecular weight excluding hydrogens is 478 g/mol. The Bertz CT molecular complexity index is 1170. The zero-order valence-corrected chi connectivity index (χ0v) is 20.1.